The predicted molar refractivity (Wildman–Crippen MR) is 72.5 cm³/mol. The Morgan fingerprint density at radius 2 is 2.11 bits per heavy atom. The molecule has 2 rings (SSSR count). The van der Waals surface area contributed by atoms with Crippen molar-refractivity contribution < 1.29 is 5.11 Å². The van der Waals surface area contributed by atoms with Gasteiger partial charge in [-0.1, -0.05) is 18.2 Å². The number of benzene rings is 1. The molecule has 4 N–H and O–H groups in total. The van der Waals surface area contributed by atoms with Gasteiger partial charge in [0, 0.05) is 18.7 Å². The highest BCUT2D eigenvalue weighted by atomic mass is 16.3. The Morgan fingerprint density at radius 1 is 1.39 bits per heavy atom. The molecule has 0 aromatic heterocycles. The van der Waals surface area contributed by atoms with E-state index in [1.165, 1.54) is 5.56 Å². The smallest absolute Gasteiger partial charge is 0.122 e. The van der Waals surface area contributed by atoms with Gasteiger partial charge in [0.25, 0.3) is 0 Å². The molecule has 0 spiro atoms. The fraction of sp³-hybridized carbons (Fsp3) is 0.500. The Balaban J connectivity index is 1.94. The van der Waals surface area contributed by atoms with E-state index in [1.807, 2.05) is 18.2 Å². The van der Waals surface area contributed by atoms with Crippen molar-refractivity contribution in [2.24, 2.45) is 11.7 Å². The van der Waals surface area contributed by atoms with Crippen molar-refractivity contribution in [2.75, 3.05) is 19.7 Å². The normalized spacial score (nSPS) is 17.8. The van der Waals surface area contributed by atoms with Crippen molar-refractivity contribution in [2.45, 2.75) is 19.4 Å². The highest BCUT2D eigenvalue weighted by molar-refractivity contribution is 5.95. The molecule has 18 heavy (non-hydrogen) atoms. The van der Waals surface area contributed by atoms with Crippen molar-refractivity contribution in [1.29, 1.82) is 5.41 Å². The van der Waals surface area contributed by atoms with Crippen LogP contribution in [0.4, 0.5) is 0 Å². The molecule has 98 valence electrons. The minimum atomic E-state index is 0.121. The molecule has 4 heteroatoms. The highest BCUT2D eigenvalue weighted by Crippen LogP contribution is 2.18. The summed E-state index contributed by atoms with van der Waals surface area (Å²) in [4.78, 5) is 2.39. The van der Waals surface area contributed by atoms with E-state index in [4.69, 9.17) is 16.2 Å². The number of nitrogens with zero attached hydrogens (tertiary/aromatic N) is 1. The quantitative estimate of drug-likeness (QED) is 0.552. The lowest BCUT2D eigenvalue weighted by molar-refractivity contribution is 0.127. The Morgan fingerprint density at radius 3 is 2.72 bits per heavy atom. The van der Waals surface area contributed by atoms with Gasteiger partial charge in [0.2, 0.25) is 0 Å². The number of likely N-dealkylation sites (tertiary alicyclic amines) is 1. The van der Waals surface area contributed by atoms with Gasteiger partial charge >= 0.3 is 0 Å². The summed E-state index contributed by atoms with van der Waals surface area (Å²) < 4.78 is 0. The van der Waals surface area contributed by atoms with Gasteiger partial charge < -0.3 is 10.8 Å². The fourth-order valence-corrected chi connectivity index (χ4v) is 2.42. The van der Waals surface area contributed by atoms with E-state index in [0.717, 1.165) is 38.0 Å². The molecule has 0 aliphatic carbocycles. The predicted octanol–water partition coefficient (Wildman–Crippen LogP) is 1.17. The van der Waals surface area contributed by atoms with Crippen molar-refractivity contribution in [3.8, 4) is 0 Å². The zero-order valence-electron chi connectivity index (χ0n) is 10.6. The van der Waals surface area contributed by atoms with E-state index in [0.29, 0.717) is 12.5 Å². The van der Waals surface area contributed by atoms with Crippen molar-refractivity contribution in [1.82, 2.24) is 4.90 Å². The van der Waals surface area contributed by atoms with E-state index in [-0.39, 0.29) is 5.84 Å². The zero-order chi connectivity index (χ0) is 13.0. The molecule has 1 heterocycles. The van der Waals surface area contributed by atoms with Crippen LogP contribution in [0.5, 0.6) is 0 Å². The molecular weight excluding hydrogens is 226 g/mol. The lowest BCUT2D eigenvalue weighted by Crippen LogP contribution is -2.34. The molecule has 0 atom stereocenters. The summed E-state index contributed by atoms with van der Waals surface area (Å²) in [5.74, 6) is 0.598. The summed E-state index contributed by atoms with van der Waals surface area (Å²) in [5, 5.41) is 16.5. The third-order valence-electron chi connectivity index (χ3n) is 3.61. The van der Waals surface area contributed by atoms with Crippen LogP contribution in [-0.4, -0.2) is 35.5 Å². The Kier molecular flexibility index (Phi) is 4.33. The number of rotatable bonds is 4. The van der Waals surface area contributed by atoms with Crippen LogP contribution >= 0.6 is 0 Å². The maximum atomic E-state index is 9.11. The molecule has 4 nitrogen and oxygen atoms in total. The number of piperidine rings is 1. The van der Waals surface area contributed by atoms with Gasteiger partial charge in [0.15, 0.2) is 0 Å². The summed E-state index contributed by atoms with van der Waals surface area (Å²) >= 11 is 0. The first-order chi connectivity index (χ1) is 8.69. The maximum absolute atomic E-state index is 9.11. The molecule has 1 saturated heterocycles. The summed E-state index contributed by atoms with van der Waals surface area (Å²) in [6.07, 6.45) is 2.14. The van der Waals surface area contributed by atoms with Crippen LogP contribution in [0.1, 0.15) is 24.0 Å². The molecule has 1 aromatic rings. The third kappa shape index (κ3) is 3.31. The van der Waals surface area contributed by atoms with Crippen molar-refractivity contribution >= 4 is 5.84 Å². The number of hydrogen-bond acceptors (Lipinski definition) is 3. The van der Waals surface area contributed by atoms with Crippen LogP contribution < -0.4 is 5.73 Å². The molecule has 0 amide bonds. The first-order valence-electron chi connectivity index (χ1n) is 6.45. The second kappa shape index (κ2) is 5.98. The average Bonchev–Trinajstić information content (AvgIpc) is 2.40. The summed E-state index contributed by atoms with van der Waals surface area (Å²) in [7, 11) is 0. The number of aliphatic hydroxyl groups is 1. The monoisotopic (exact) mass is 247 g/mol. The van der Waals surface area contributed by atoms with Crippen molar-refractivity contribution in [3.63, 3.8) is 0 Å². The third-order valence-corrected chi connectivity index (χ3v) is 3.61. The second-order valence-electron chi connectivity index (χ2n) is 5.02. The summed E-state index contributed by atoms with van der Waals surface area (Å²) in [6, 6.07) is 7.88. The number of aliphatic hydroxyl groups excluding tert-OH is 1. The minimum Gasteiger partial charge on any atom is -0.396 e. The van der Waals surface area contributed by atoms with Gasteiger partial charge in [-0.2, -0.15) is 0 Å². The number of nitrogens with one attached hydrogen (secondary N) is 1. The molecule has 0 unspecified atom stereocenters. The van der Waals surface area contributed by atoms with Crippen molar-refractivity contribution in [3.05, 3.63) is 35.4 Å². The minimum absolute atomic E-state index is 0.121. The van der Waals surface area contributed by atoms with Crippen LogP contribution in [0.2, 0.25) is 0 Å². The number of hydrogen-bond donors (Lipinski definition) is 3. The Bertz CT molecular complexity index is 411. The van der Waals surface area contributed by atoms with Crippen LogP contribution in [0.15, 0.2) is 24.3 Å². The molecule has 0 bridgehead atoms. The van der Waals surface area contributed by atoms with Crippen LogP contribution in [0, 0.1) is 11.3 Å². The van der Waals surface area contributed by atoms with Gasteiger partial charge in [-0.05, 0) is 43.5 Å². The first-order valence-corrected chi connectivity index (χ1v) is 6.45. The standard InChI is InChI=1S/C14H21N3O/c15-14(16)13-3-1-2-12(8-13)9-17-6-4-11(10-18)5-7-17/h1-3,8,11,18H,4-7,9-10H2,(H3,15,16). The van der Waals surface area contributed by atoms with Gasteiger partial charge in [-0.25, -0.2) is 0 Å². The largest absolute Gasteiger partial charge is 0.396 e. The molecular formula is C14H21N3O. The number of amidine groups is 1. The topological polar surface area (TPSA) is 73.3 Å². The molecule has 1 aliphatic heterocycles. The maximum Gasteiger partial charge on any atom is 0.122 e. The molecule has 1 fully saturated rings. The van der Waals surface area contributed by atoms with E-state index in [9.17, 15) is 0 Å². The SMILES string of the molecule is N=C(N)c1cccc(CN2CCC(CO)CC2)c1. The average molecular weight is 247 g/mol. The Hall–Kier alpha value is -1.39. The zero-order valence-corrected chi connectivity index (χ0v) is 10.6. The highest BCUT2D eigenvalue weighted by Gasteiger charge is 2.18. The number of nitrogens with two attached hydrogens (primary N) is 1. The molecule has 0 saturated carbocycles. The van der Waals surface area contributed by atoms with E-state index in [1.54, 1.807) is 0 Å². The Labute approximate surface area is 108 Å². The van der Waals surface area contributed by atoms with Gasteiger partial charge in [0.1, 0.15) is 5.84 Å². The van der Waals surface area contributed by atoms with Crippen LogP contribution in [-0.2, 0) is 6.54 Å². The fourth-order valence-electron chi connectivity index (χ4n) is 2.42. The van der Waals surface area contributed by atoms with Gasteiger partial charge in [-0.3, -0.25) is 10.3 Å². The van der Waals surface area contributed by atoms with Crippen LogP contribution in [0.25, 0.3) is 0 Å². The summed E-state index contributed by atoms with van der Waals surface area (Å²) in [5.41, 5.74) is 7.48. The molecule has 1 aromatic carbocycles. The summed E-state index contributed by atoms with van der Waals surface area (Å²) in [6.45, 7) is 3.29. The lowest BCUT2D eigenvalue weighted by Gasteiger charge is -2.31. The van der Waals surface area contributed by atoms with Crippen LogP contribution in [0.3, 0.4) is 0 Å². The van der Waals surface area contributed by atoms with E-state index < -0.39 is 0 Å². The lowest BCUT2D eigenvalue weighted by atomic mass is 9.97. The first kappa shape index (κ1) is 13.1. The van der Waals surface area contributed by atoms with Gasteiger partial charge in [0.05, 0.1) is 0 Å². The molecule has 1 aliphatic rings. The van der Waals surface area contributed by atoms with E-state index >= 15 is 0 Å². The number of nitrogen functional groups attached to an aromatic ring is 1. The second-order valence-corrected chi connectivity index (χ2v) is 5.02. The molecule has 0 radical (unpaired) electrons. The van der Waals surface area contributed by atoms with E-state index in [2.05, 4.69) is 11.0 Å². The van der Waals surface area contributed by atoms with Gasteiger partial charge in [-0.15, -0.1) is 0 Å².